The van der Waals surface area contributed by atoms with E-state index in [1.807, 2.05) is 6.92 Å². The Balaban J connectivity index is 1.48. The molecule has 4 aromatic rings. The standard InChI is InChI=1S/C23H17Cl2N7O2/c1-13-5-6-14(21(33)31-32-22(34)20-15(24)3-2-4-16(20)25)11-18(13)30-23-28-8-7-17(29-23)19-12-26-9-10-27-19/h2-12H,1H3,(H,31,33)(H,32,34)(H,28,29,30). The number of carbonyl (C=O) groups is 2. The summed E-state index contributed by atoms with van der Waals surface area (Å²) in [6.07, 6.45) is 6.36. The zero-order chi connectivity index (χ0) is 24.1. The van der Waals surface area contributed by atoms with Crippen molar-refractivity contribution < 1.29 is 9.59 Å². The molecule has 9 nitrogen and oxygen atoms in total. The van der Waals surface area contributed by atoms with E-state index in [-0.39, 0.29) is 15.6 Å². The zero-order valence-electron chi connectivity index (χ0n) is 17.7. The Kier molecular flexibility index (Phi) is 6.95. The third-order valence-corrected chi connectivity index (χ3v) is 5.34. The first kappa shape index (κ1) is 23.1. The first-order valence-electron chi connectivity index (χ1n) is 9.94. The van der Waals surface area contributed by atoms with Gasteiger partial charge in [-0.2, -0.15) is 0 Å². The van der Waals surface area contributed by atoms with Gasteiger partial charge in [0.2, 0.25) is 5.95 Å². The lowest BCUT2D eigenvalue weighted by molar-refractivity contribution is 0.0847. The SMILES string of the molecule is Cc1ccc(C(=O)NNC(=O)c2c(Cl)cccc2Cl)cc1Nc1nccc(-c2cnccn2)n1. The Bertz CT molecular complexity index is 1350. The lowest BCUT2D eigenvalue weighted by Gasteiger charge is -2.12. The second-order valence-electron chi connectivity index (χ2n) is 7.02. The molecular formula is C23H17Cl2N7O2. The summed E-state index contributed by atoms with van der Waals surface area (Å²) in [5, 5.41) is 3.45. The molecular weight excluding hydrogens is 477 g/mol. The van der Waals surface area contributed by atoms with E-state index in [1.165, 1.54) is 12.1 Å². The molecule has 0 bridgehead atoms. The van der Waals surface area contributed by atoms with Crippen molar-refractivity contribution in [1.82, 2.24) is 30.8 Å². The lowest BCUT2D eigenvalue weighted by atomic mass is 10.1. The zero-order valence-corrected chi connectivity index (χ0v) is 19.2. The molecule has 0 saturated carbocycles. The number of nitrogens with zero attached hydrogens (tertiary/aromatic N) is 4. The van der Waals surface area contributed by atoms with Gasteiger partial charge >= 0.3 is 0 Å². The molecule has 170 valence electrons. The molecule has 0 aliphatic carbocycles. The van der Waals surface area contributed by atoms with Crippen LogP contribution >= 0.6 is 23.2 Å². The Labute approximate surface area is 204 Å². The molecule has 0 fully saturated rings. The average molecular weight is 494 g/mol. The third kappa shape index (κ3) is 5.28. The normalized spacial score (nSPS) is 10.4. The highest BCUT2D eigenvalue weighted by molar-refractivity contribution is 6.39. The molecule has 0 saturated heterocycles. The minimum atomic E-state index is -0.636. The van der Waals surface area contributed by atoms with Crippen molar-refractivity contribution >= 4 is 46.7 Å². The molecule has 34 heavy (non-hydrogen) atoms. The van der Waals surface area contributed by atoms with Crippen LogP contribution in [0.4, 0.5) is 11.6 Å². The third-order valence-electron chi connectivity index (χ3n) is 4.71. The molecule has 0 unspecified atom stereocenters. The Hall–Kier alpha value is -4.08. The molecule has 0 aliphatic rings. The molecule has 0 atom stereocenters. The topological polar surface area (TPSA) is 122 Å². The number of aryl methyl sites for hydroxylation is 1. The van der Waals surface area contributed by atoms with E-state index in [9.17, 15) is 9.59 Å². The maximum atomic E-state index is 12.6. The molecule has 4 rings (SSSR count). The minimum absolute atomic E-state index is 0.0672. The predicted octanol–water partition coefficient (Wildman–Crippen LogP) is 4.37. The van der Waals surface area contributed by atoms with E-state index >= 15 is 0 Å². The molecule has 11 heteroatoms. The van der Waals surface area contributed by atoms with Gasteiger partial charge in [-0.25, -0.2) is 9.97 Å². The summed E-state index contributed by atoms with van der Waals surface area (Å²) in [6.45, 7) is 1.87. The van der Waals surface area contributed by atoms with Crippen molar-refractivity contribution in [3.8, 4) is 11.4 Å². The first-order valence-corrected chi connectivity index (χ1v) is 10.7. The summed E-state index contributed by atoms with van der Waals surface area (Å²) >= 11 is 12.1. The summed E-state index contributed by atoms with van der Waals surface area (Å²) < 4.78 is 0. The summed E-state index contributed by atoms with van der Waals surface area (Å²) in [4.78, 5) is 42.0. The van der Waals surface area contributed by atoms with E-state index in [0.717, 1.165) is 5.56 Å². The molecule has 0 aliphatic heterocycles. The van der Waals surface area contributed by atoms with Gasteiger partial charge in [-0.3, -0.25) is 30.4 Å². The Morgan fingerprint density at radius 3 is 2.35 bits per heavy atom. The fraction of sp³-hybridized carbons (Fsp3) is 0.0435. The highest BCUT2D eigenvalue weighted by Crippen LogP contribution is 2.24. The second-order valence-corrected chi connectivity index (χ2v) is 7.83. The molecule has 0 radical (unpaired) electrons. The fourth-order valence-corrected chi connectivity index (χ4v) is 3.54. The van der Waals surface area contributed by atoms with Gasteiger partial charge in [-0.1, -0.05) is 35.3 Å². The van der Waals surface area contributed by atoms with Gasteiger partial charge in [-0.05, 0) is 42.8 Å². The van der Waals surface area contributed by atoms with Crippen LogP contribution in [0, 0.1) is 6.92 Å². The van der Waals surface area contributed by atoms with Gasteiger partial charge in [-0.15, -0.1) is 0 Å². The summed E-state index contributed by atoms with van der Waals surface area (Å²) in [5.41, 5.74) is 7.72. The predicted molar refractivity (Wildman–Crippen MR) is 129 cm³/mol. The Morgan fingerprint density at radius 1 is 0.853 bits per heavy atom. The van der Waals surface area contributed by atoms with Crippen LogP contribution in [0.3, 0.4) is 0 Å². The largest absolute Gasteiger partial charge is 0.324 e. The van der Waals surface area contributed by atoms with Gasteiger partial charge in [0.1, 0.15) is 5.69 Å². The number of hydrogen-bond donors (Lipinski definition) is 3. The Morgan fingerprint density at radius 2 is 1.62 bits per heavy atom. The number of anilines is 2. The number of rotatable bonds is 5. The van der Waals surface area contributed by atoms with Crippen LogP contribution in [-0.2, 0) is 0 Å². The number of carbonyl (C=O) groups excluding carboxylic acids is 2. The van der Waals surface area contributed by atoms with Crippen LogP contribution in [0.25, 0.3) is 11.4 Å². The van der Waals surface area contributed by atoms with Crippen molar-refractivity contribution in [2.45, 2.75) is 6.92 Å². The van der Waals surface area contributed by atoms with E-state index < -0.39 is 11.8 Å². The van der Waals surface area contributed by atoms with Gasteiger partial charge in [0, 0.05) is 29.8 Å². The number of benzene rings is 2. The quantitative estimate of drug-likeness (QED) is 0.352. The first-order chi connectivity index (χ1) is 16.4. The van der Waals surface area contributed by atoms with Crippen LogP contribution in [0.1, 0.15) is 26.3 Å². The molecule has 2 aromatic carbocycles. The van der Waals surface area contributed by atoms with Crippen molar-refractivity contribution in [2.24, 2.45) is 0 Å². The van der Waals surface area contributed by atoms with Gasteiger partial charge < -0.3 is 5.32 Å². The number of nitrogens with one attached hydrogen (secondary N) is 3. The molecule has 2 aromatic heterocycles. The number of amides is 2. The number of aromatic nitrogens is 4. The molecule has 0 spiro atoms. The van der Waals surface area contributed by atoms with E-state index in [4.69, 9.17) is 23.2 Å². The molecule has 3 N–H and O–H groups in total. The molecule has 2 amide bonds. The number of hydrogen-bond acceptors (Lipinski definition) is 7. The summed E-state index contributed by atoms with van der Waals surface area (Å²) in [6, 6.07) is 11.4. The number of halogens is 2. The van der Waals surface area contributed by atoms with Crippen LogP contribution in [0.5, 0.6) is 0 Å². The van der Waals surface area contributed by atoms with E-state index in [2.05, 4.69) is 36.1 Å². The van der Waals surface area contributed by atoms with Crippen molar-refractivity contribution in [3.05, 3.63) is 94.0 Å². The number of hydrazine groups is 1. The van der Waals surface area contributed by atoms with Gasteiger partial charge in [0.15, 0.2) is 0 Å². The average Bonchev–Trinajstić information content (AvgIpc) is 2.84. The highest BCUT2D eigenvalue weighted by Gasteiger charge is 2.16. The second kappa shape index (κ2) is 10.2. The summed E-state index contributed by atoms with van der Waals surface area (Å²) in [5.74, 6) is -0.845. The van der Waals surface area contributed by atoms with Gasteiger partial charge in [0.25, 0.3) is 11.8 Å². The highest BCUT2D eigenvalue weighted by atomic mass is 35.5. The van der Waals surface area contributed by atoms with Crippen LogP contribution in [0.15, 0.2) is 67.3 Å². The summed E-state index contributed by atoms with van der Waals surface area (Å²) in [7, 11) is 0. The van der Waals surface area contributed by atoms with Crippen LogP contribution in [-0.4, -0.2) is 31.8 Å². The smallest absolute Gasteiger partial charge is 0.272 e. The fourth-order valence-electron chi connectivity index (χ4n) is 2.97. The maximum Gasteiger partial charge on any atom is 0.272 e. The van der Waals surface area contributed by atoms with Crippen LogP contribution in [0.2, 0.25) is 10.0 Å². The maximum absolute atomic E-state index is 12.6. The van der Waals surface area contributed by atoms with Crippen LogP contribution < -0.4 is 16.2 Å². The van der Waals surface area contributed by atoms with E-state index in [1.54, 1.807) is 55.1 Å². The van der Waals surface area contributed by atoms with E-state index in [0.29, 0.717) is 28.6 Å². The van der Waals surface area contributed by atoms with Crippen molar-refractivity contribution in [1.29, 1.82) is 0 Å². The molecule has 2 heterocycles. The minimum Gasteiger partial charge on any atom is -0.324 e. The monoisotopic (exact) mass is 493 g/mol. The van der Waals surface area contributed by atoms with Crippen molar-refractivity contribution in [2.75, 3.05) is 5.32 Å². The van der Waals surface area contributed by atoms with Crippen molar-refractivity contribution in [3.63, 3.8) is 0 Å². The lowest BCUT2D eigenvalue weighted by Crippen LogP contribution is -2.41. The van der Waals surface area contributed by atoms with Gasteiger partial charge in [0.05, 0.1) is 27.5 Å².